The summed E-state index contributed by atoms with van der Waals surface area (Å²) in [4.78, 5) is 35.8. The molecule has 0 rings (SSSR count). The second kappa shape index (κ2) is 37.5. The fourth-order valence-electron chi connectivity index (χ4n) is 5.94. The van der Waals surface area contributed by atoms with Gasteiger partial charge in [-0.15, -0.1) is 0 Å². The second-order valence-corrected chi connectivity index (χ2v) is 18.9. The topological polar surface area (TPSA) is 91.3 Å². The van der Waals surface area contributed by atoms with Crippen molar-refractivity contribution in [1.82, 2.24) is 0 Å². The number of ether oxygens (including phenoxy) is 2. The molecular weight excluding hydrogens is 718 g/mol. The minimum atomic E-state index is -3.54. The van der Waals surface area contributed by atoms with Crippen LogP contribution in [0.5, 0.6) is 0 Å². The van der Waals surface area contributed by atoms with Crippen LogP contribution in [-0.2, 0) is 39.9 Å². The lowest BCUT2D eigenvalue weighted by molar-refractivity contribution is -0.870. The van der Waals surface area contributed by atoms with Crippen LogP contribution >= 0.6 is 6.72 Å². The third kappa shape index (κ3) is 40.6. The Morgan fingerprint density at radius 3 is 1.39 bits per heavy atom. The van der Waals surface area contributed by atoms with E-state index in [1.807, 2.05) is 21.1 Å². The van der Waals surface area contributed by atoms with E-state index >= 15 is 0 Å². The van der Waals surface area contributed by atoms with Crippen LogP contribution in [0.1, 0.15) is 194 Å². The van der Waals surface area contributed by atoms with Crippen molar-refractivity contribution in [3.63, 3.8) is 0 Å². The number of hydrogen-bond acceptors (Lipinski definition) is 7. The molecule has 0 amide bonds. The van der Waals surface area contributed by atoms with E-state index in [9.17, 15) is 14.5 Å². The molecule has 10 heteroatoms. The first-order valence-electron chi connectivity index (χ1n) is 22.1. The van der Waals surface area contributed by atoms with E-state index in [4.69, 9.17) is 30.3 Å². The number of hydrogen-bond donors (Lipinski definition) is 1. The van der Waals surface area contributed by atoms with E-state index < -0.39 is 12.8 Å². The monoisotopic (exact) mass is 803 g/mol. The highest BCUT2D eigenvalue weighted by Crippen LogP contribution is 2.43. The van der Waals surface area contributed by atoms with Gasteiger partial charge in [-0.2, -0.15) is 0 Å². The summed E-state index contributed by atoms with van der Waals surface area (Å²) in [5, 5.41) is 0. The van der Waals surface area contributed by atoms with Gasteiger partial charge in [0.2, 0.25) is 0 Å². The maximum Gasteiger partial charge on any atom is 0.324 e. The Balaban J connectivity index is 4.38. The predicted molar refractivity (Wildman–Crippen MR) is 231 cm³/mol. The quantitative estimate of drug-likeness (QED) is 0.0215. The standard InChI is InChI=1S/C44H84NO7PS/c1-6-8-10-12-14-16-18-20-22-24-26-28-30-32-34-36-43(46)49-40-42(41-51-53(48,54)50-39-38-45(3,4)5)52-44(47)37-35-33-31-29-27-25-23-21-19-17-15-13-11-9-7-2/h20-23,42H,6-19,24-41H2,1-5H3/p+1/b22-20-,23-21-. The summed E-state index contributed by atoms with van der Waals surface area (Å²) in [6.45, 7) is 1.51. The summed E-state index contributed by atoms with van der Waals surface area (Å²) in [7, 11) is 6.05. The van der Waals surface area contributed by atoms with Crippen LogP contribution in [0.25, 0.3) is 0 Å². The third-order valence-electron chi connectivity index (χ3n) is 9.45. The molecule has 0 aliphatic rings. The maximum absolute atomic E-state index is 12.7. The van der Waals surface area contributed by atoms with Gasteiger partial charge in [0.05, 0.1) is 27.7 Å². The molecule has 0 aliphatic heterocycles. The van der Waals surface area contributed by atoms with Gasteiger partial charge in [-0.1, -0.05) is 141 Å². The van der Waals surface area contributed by atoms with Crippen LogP contribution in [-0.4, -0.2) is 74.9 Å². The lowest BCUT2D eigenvalue weighted by atomic mass is 10.1. The predicted octanol–water partition coefficient (Wildman–Crippen LogP) is 12.5. The van der Waals surface area contributed by atoms with Crippen molar-refractivity contribution in [2.45, 2.75) is 200 Å². The van der Waals surface area contributed by atoms with Gasteiger partial charge in [0.15, 0.2) is 6.10 Å². The highest BCUT2D eigenvalue weighted by molar-refractivity contribution is 8.07. The molecule has 0 aromatic rings. The number of rotatable bonds is 40. The molecular formula is C44H85NO7PS+. The highest BCUT2D eigenvalue weighted by Gasteiger charge is 2.23. The Hall–Kier alpha value is -1.09. The van der Waals surface area contributed by atoms with Crippen molar-refractivity contribution < 1.29 is 37.5 Å². The molecule has 0 radical (unpaired) electrons. The molecule has 2 unspecified atom stereocenters. The van der Waals surface area contributed by atoms with Crippen molar-refractivity contribution >= 4 is 30.5 Å². The van der Waals surface area contributed by atoms with Gasteiger partial charge in [-0.25, -0.2) is 0 Å². The van der Waals surface area contributed by atoms with E-state index in [0.29, 0.717) is 17.4 Å². The molecule has 0 spiro atoms. The lowest BCUT2D eigenvalue weighted by Gasteiger charge is -2.25. The average molecular weight is 803 g/mol. The van der Waals surface area contributed by atoms with Crippen molar-refractivity contribution in [2.24, 2.45) is 0 Å². The Bertz CT molecular complexity index is 984. The molecule has 54 heavy (non-hydrogen) atoms. The number of carbonyl (C=O) groups excluding carboxylic acids is 2. The fraction of sp³-hybridized carbons (Fsp3) is 0.864. The molecule has 1 N–H and O–H groups in total. The lowest BCUT2D eigenvalue weighted by Crippen LogP contribution is -2.37. The zero-order valence-electron chi connectivity index (χ0n) is 35.7. The summed E-state index contributed by atoms with van der Waals surface area (Å²) in [6.07, 6.45) is 40.0. The third-order valence-corrected chi connectivity index (χ3v) is 11.1. The first kappa shape index (κ1) is 52.9. The number of unbranched alkanes of at least 4 members (excludes halogenated alkanes) is 22. The van der Waals surface area contributed by atoms with E-state index in [0.717, 1.165) is 64.2 Å². The second-order valence-electron chi connectivity index (χ2n) is 16.1. The van der Waals surface area contributed by atoms with Crippen molar-refractivity contribution in [3.8, 4) is 0 Å². The van der Waals surface area contributed by atoms with Gasteiger partial charge in [-0.05, 0) is 76.0 Å². The molecule has 318 valence electrons. The fourth-order valence-corrected chi connectivity index (χ4v) is 7.09. The molecule has 0 heterocycles. The van der Waals surface area contributed by atoms with Crippen LogP contribution in [0.15, 0.2) is 24.3 Å². The Morgan fingerprint density at radius 1 is 0.574 bits per heavy atom. The van der Waals surface area contributed by atoms with E-state index in [-0.39, 0.29) is 38.2 Å². The summed E-state index contributed by atoms with van der Waals surface area (Å²) >= 11 is 5.18. The molecule has 0 aromatic heterocycles. The first-order chi connectivity index (χ1) is 26.0. The van der Waals surface area contributed by atoms with Gasteiger partial charge in [0, 0.05) is 12.8 Å². The van der Waals surface area contributed by atoms with Gasteiger partial charge < -0.3 is 27.9 Å². The molecule has 0 aliphatic carbocycles. The number of carbonyl (C=O) groups is 2. The smallest absolute Gasteiger partial charge is 0.324 e. The number of allylic oxidation sites excluding steroid dienone is 4. The van der Waals surface area contributed by atoms with Gasteiger partial charge >= 0.3 is 18.7 Å². The first-order valence-corrected chi connectivity index (χ1v) is 24.7. The van der Waals surface area contributed by atoms with Crippen molar-refractivity contribution in [1.29, 1.82) is 0 Å². The zero-order valence-corrected chi connectivity index (χ0v) is 37.4. The zero-order chi connectivity index (χ0) is 40.0. The van der Waals surface area contributed by atoms with Crippen molar-refractivity contribution in [2.75, 3.05) is 47.5 Å². The van der Waals surface area contributed by atoms with Crippen LogP contribution in [0, 0.1) is 0 Å². The minimum absolute atomic E-state index is 0.143. The van der Waals surface area contributed by atoms with E-state index in [2.05, 4.69) is 38.2 Å². The summed E-state index contributed by atoms with van der Waals surface area (Å²) in [6, 6.07) is 0. The number of quaternary nitrogens is 1. The van der Waals surface area contributed by atoms with E-state index in [1.165, 1.54) is 103 Å². The summed E-state index contributed by atoms with van der Waals surface area (Å²) in [5.74, 6) is -0.694. The van der Waals surface area contributed by atoms with Crippen molar-refractivity contribution in [3.05, 3.63) is 24.3 Å². The summed E-state index contributed by atoms with van der Waals surface area (Å²) < 4.78 is 22.8. The molecule has 0 saturated heterocycles. The van der Waals surface area contributed by atoms with Crippen LogP contribution < -0.4 is 0 Å². The normalized spacial score (nSPS) is 13.8. The molecule has 0 fully saturated rings. The number of nitrogens with zero attached hydrogens (tertiary/aromatic N) is 1. The van der Waals surface area contributed by atoms with Crippen LogP contribution in [0.3, 0.4) is 0 Å². The Labute approximate surface area is 338 Å². The van der Waals surface area contributed by atoms with E-state index in [1.54, 1.807) is 0 Å². The van der Waals surface area contributed by atoms with Crippen LogP contribution in [0.4, 0.5) is 0 Å². The molecule has 2 atom stereocenters. The number of likely N-dealkylation sites (N-methyl/N-ethyl adjacent to an activating group) is 1. The minimum Gasteiger partial charge on any atom is -0.462 e. The molecule has 0 bridgehead atoms. The average Bonchev–Trinajstić information content (AvgIpc) is 3.12. The molecule has 8 nitrogen and oxygen atoms in total. The molecule has 0 aromatic carbocycles. The highest BCUT2D eigenvalue weighted by atomic mass is 32.5. The van der Waals surface area contributed by atoms with Gasteiger partial charge in [0.1, 0.15) is 19.8 Å². The maximum atomic E-state index is 12.7. The SMILES string of the molecule is CCCCCCCC/C=C\CCCCCCCC(=O)OCC(COP(O)(=S)OCC[N+](C)(C)C)OC(=O)CCCCCCC/C=C\CCCCCCCC. The summed E-state index contributed by atoms with van der Waals surface area (Å²) in [5.41, 5.74) is 0. The molecule has 0 saturated carbocycles. The van der Waals surface area contributed by atoms with Crippen LogP contribution in [0.2, 0.25) is 0 Å². The van der Waals surface area contributed by atoms with Gasteiger partial charge in [-0.3, -0.25) is 9.59 Å². The Morgan fingerprint density at radius 2 is 0.963 bits per heavy atom. The number of esters is 2. The van der Waals surface area contributed by atoms with Gasteiger partial charge in [0.25, 0.3) is 0 Å². The Kier molecular flexibility index (Phi) is 36.7. The largest absolute Gasteiger partial charge is 0.462 e.